The molecule has 0 amide bonds. The molecule has 1 aliphatic rings. The number of nitrogens with one attached hydrogen (secondary N) is 1. The number of nitrogens with zero attached hydrogens (tertiary/aromatic N) is 4. The number of fused-ring (bicyclic) bond motifs is 1. The van der Waals surface area contributed by atoms with Crippen LogP contribution in [0.25, 0.3) is 0 Å². The quantitative estimate of drug-likeness (QED) is 0.442. The summed E-state index contributed by atoms with van der Waals surface area (Å²) in [6.45, 7) is 0. The summed E-state index contributed by atoms with van der Waals surface area (Å²) >= 11 is 5.98. The molecule has 0 bridgehead atoms. The van der Waals surface area contributed by atoms with Crippen LogP contribution in [0.4, 0.5) is 5.95 Å². The molecule has 0 saturated carbocycles. The van der Waals surface area contributed by atoms with Gasteiger partial charge in [-0.05, 0) is 46.8 Å². The second-order valence-corrected chi connectivity index (χ2v) is 7.14. The van der Waals surface area contributed by atoms with Crippen LogP contribution in [0.5, 0.6) is 11.5 Å². The van der Waals surface area contributed by atoms with Crippen molar-refractivity contribution in [1.82, 2.24) is 20.2 Å². The van der Waals surface area contributed by atoms with Gasteiger partial charge in [0.05, 0.1) is 26.9 Å². The number of hydrogen-bond acceptors (Lipinski definition) is 9. The molecule has 2 aromatic carbocycles. The molecule has 0 spiro atoms. The van der Waals surface area contributed by atoms with Crippen molar-refractivity contribution in [3.63, 3.8) is 0 Å². The summed E-state index contributed by atoms with van der Waals surface area (Å²) in [4.78, 5) is 26.4. The smallest absolute Gasteiger partial charge is 0.355 e. The maximum atomic E-state index is 13.7. The second-order valence-electron chi connectivity index (χ2n) is 6.70. The molecule has 2 heterocycles. The molecule has 4 rings (SSSR count). The van der Waals surface area contributed by atoms with Crippen molar-refractivity contribution in [3.8, 4) is 11.5 Å². The Kier molecular flexibility index (Phi) is 5.78. The van der Waals surface area contributed by atoms with Gasteiger partial charge in [-0.3, -0.25) is 4.79 Å². The first-order valence-electron chi connectivity index (χ1n) is 9.38. The number of ketones is 1. The number of rotatable bonds is 6. The minimum Gasteiger partial charge on any atom is -0.497 e. The molecule has 1 aliphatic heterocycles. The van der Waals surface area contributed by atoms with Gasteiger partial charge in [0.1, 0.15) is 23.2 Å². The Balaban J connectivity index is 1.98. The van der Waals surface area contributed by atoms with Crippen LogP contribution < -0.4 is 14.8 Å². The minimum atomic E-state index is -0.889. The molecule has 32 heavy (non-hydrogen) atoms. The summed E-state index contributed by atoms with van der Waals surface area (Å²) < 4.78 is 17.2. The van der Waals surface area contributed by atoms with Gasteiger partial charge in [0.15, 0.2) is 5.78 Å². The predicted octanol–water partition coefficient (Wildman–Crippen LogP) is 2.67. The molecule has 3 aromatic rings. The maximum absolute atomic E-state index is 13.7. The van der Waals surface area contributed by atoms with E-state index in [2.05, 4.69) is 20.8 Å². The number of halogens is 1. The lowest BCUT2D eigenvalue weighted by molar-refractivity contribution is -0.136. The van der Waals surface area contributed by atoms with E-state index in [0.717, 1.165) is 0 Å². The molecule has 164 valence electrons. The van der Waals surface area contributed by atoms with Gasteiger partial charge in [-0.1, -0.05) is 16.7 Å². The highest BCUT2D eigenvalue weighted by Crippen LogP contribution is 2.41. The fraction of sp³-hybridized carbons (Fsp3) is 0.190. The third kappa shape index (κ3) is 3.65. The molecule has 1 N–H and O–H groups in total. The van der Waals surface area contributed by atoms with Crippen LogP contribution in [-0.4, -0.2) is 53.3 Å². The van der Waals surface area contributed by atoms with Gasteiger partial charge in [0, 0.05) is 22.2 Å². The molecule has 0 radical (unpaired) electrons. The lowest BCUT2D eigenvalue weighted by Crippen LogP contribution is -2.33. The number of benzene rings is 2. The monoisotopic (exact) mass is 455 g/mol. The topological polar surface area (TPSA) is 117 Å². The Bertz CT molecular complexity index is 1220. The fourth-order valence-corrected chi connectivity index (χ4v) is 3.60. The number of ether oxygens (including phenoxy) is 3. The van der Waals surface area contributed by atoms with Crippen molar-refractivity contribution >= 4 is 29.3 Å². The van der Waals surface area contributed by atoms with Gasteiger partial charge in [-0.15, -0.1) is 0 Å². The van der Waals surface area contributed by atoms with Crippen LogP contribution >= 0.6 is 11.6 Å². The van der Waals surface area contributed by atoms with Gasteiger partial charge in [-0.25, -0.2) is 4.79 Å². The summed E-state index contributed by atoms with van der Waals surface area (Å²) in [7, 11) is 4.25. The Labute approximate surface area is 187 Å². The summed E-state index contributed by atoms with van der Waals surface area (Å²) in [6.07, 6.45) is 0. The third-order valence-corrected chi connectivity index (χ3v) is 5.24. The molecule has 0 aliphatic carbocycles. The highest BCUT2D eigenvalue weighted by Gasteiger charge is 2.39. The van der Waals surface area contributed by atoms with Crippen molar-refractivity contribution in [3.05, 3.63) is 69.9 Å². The average molecular weight is 456 g/mol. The number of carbonyl (C=O) groups excluding carboxylic acids is 2. The van der Waals surface area contributed by atoms with Crippen LogP contribution in [-0.2, 0) is 9.53 Å². The van der Waals surface area contributed by atoms with E-state index in [9.17, 15) is 9.59 Å². The normalized spacial score (nSPS) is 14.9. The second kappa shape index (κ2) is 8.67. The van der Waals surface area contributed by atoms with Crippen molar-refractivity contribution in [2.45, 2.75) is 6.04 Å². The number of aromatic nitrogens is 4. The molecule has 1 aromatic heterocycles. The fourth-order valence-electron chi connectivity index (χ4n) is 3.48. The standard InChI is InChI=1S/C21H18ClN5O5/c1-30-13-8-9-14(15(10-13)31-2)18-16(19(28)11-4-6-12(22)7-5-11)17(20(29)32-3)23-21-24-25-26-27(18)21/h4-10,18H,1-3H3,(H,23,24,26)/t18-/m0/s1. The van der Waals surface area contributed by atoms with E-state index >= 15 is 0 Å². The van der Waals surface area contributed by atoms with Crippen LogP contribution in [0.2, 0.25) is 5.02 Å². The lowest BCUT2D eigenvalue weighted by atomic mass is 9.89. The van der Waals surface area contributed by atoms with E-state index in [-0.39, 0.29) is 17.2 Å². The zero-order chi connectivity index (χ0) is 22.8. The number of hydrogen-bond donors (Lipinski definition) is 1. The van der Waals surface area contributed by atoms with E-state index < -0.39 is 17.8 Å². The molecule has 0 fully saturated rings. The SMILES string of the molecule is COC(=O)C1=C(C(=O)c2ccc(Cl)cc2)[C@H](c2ccc(OC)cc2OC)n2nnnc2N1. The molecule has 0 saturated heterocycles. The number of methoxy groups -OCH3 is 3. The maximum Gasteiger partial charge on any atom is 0.355 e. The molecule has 0 unspecified atom stereocenters. The zero-order valence-electron chi connectivity index (χ0n) is 17.3. The van der Waals surface area contributed by atoms with E-state index in [0.29, 0.717) is 27.6 Å². The minimum absolute atomic E-state index is 0.0716. The van der Waals surface area contributed by atoms with Gasteiger partial charge in [0.25, 0.3) is 0 Å². The molecular weight excluding hydrogens is 438 g/mol. The predicted molar refractivity (Wildman–Crippen MR) is 114 cm³/mol. The summed E-state index contributed by atoms with van der Waals surface area (Å²) in [5.74, 6) is -0.0314. The highest BCUT2D eigenvalue weighted by atomic mass is 35.5. The van der Waals surface area contributed by atoms with Crippen LogP contribution in [0.3, 0.4) is 0 Å². The number of Topliss-reactive ketones (excluding diaryl/α,β-unsaturated/α-hetero) is 1. The van der Waals surface area contributed by atoms with E-state index in [4.69, 9.17) is 25.8 Å². The Morgan fingerprint density at radius 3 is 2.47 bits per heavy atom. The van der Waals surface area contributed by atoms with Crippen molar-refractivity contribution in [2.75, 3.05) is 26.6 Å². The Morgan fingerprint density at radius 1 is 1.06 bits per heavy atom. The number of anilines is 1. The lowest BCUT2D eigenvalue weighted by Gasteiger charge is -2.29. The zero-order valence-corrected chi connectivity index (χ0v) is 18.1. The first-order chi connectivity index (χ1) is 15.5. The van der Waals surface area contributed by atoms with Gasteiger partial charge >= 0.3 is 5.97 Å². The van der Waals surface area contributed by atoms with Crippen LogP contribution in [0.15, 0.2) is 53.7 Å². The molecule has 11 heteroatoms. The Morgan fingerprint density at radius 2 is 1.81 bits per heavy atom. The van der Waals surface area contributed by atoms with Gasteiger partial charge < -0.3 is 19.5 Å². The van der Waals surface area contributed by atoms with E-state index in [1.54, 1.807) is 42.5 Å². The summed E-state index contributed by atoms with van der Waals surface area (Å²) in [5.41, 5.74) is 0.878. The molecule has 1 atom stereocenters. The Hall–Kier alpha value is -3.92. The van der Waals surface area contributed by atoms with Crippen molar-refractivity contribution < 1.29 is 23.8 Å². The van der Waals surface area contributed by atoms with Crippen molar-refractivity contribution in [2.24, 2.45) is 0 Å². The molecular formula is C21H18ClN5O5. The van der Waals surface area contributed by atoms with Crippen LogP contribution in [0.1, 0.15) is 22.0 Å². The van der Waals surface area contributed by atoms with E-state index in [1.807, 2.05) is 0 Å². The van der Waals surface area contributed by atoms with Gasteiger partial charge in [0.2, 0.25) is 5.95 Å². The average Bonchev–Trinajstić information content (AvgIpc) is 3.30. The first kappa shape index (κ1) is 21.3. The van der Waals surface area contributed by atoms with Gasteiger partial charge in [-0.2, -0.15) is 4.68 Å². The highest BCUT2D eigenvalue weighted by molar-refractivity contribution is 6.30. The largest absolute Gasteiger partial charge is 0.497 e. The molecule has 10 nitrogen and oxygen atoms in total. The van der Waals surface area contributed by atoms with Crippen LogP contribution in [0, 0.1) is 0 Å². The third-order valence-electron chi connectivity index (χ3n) is 4.99. The first-order valence-corrected chi connectivity index (χ1v) is 9.75. The summed E-state index contributed by atoms with van der Waals surface area (Å²) in [6, 6.07) is 10.6. The number of allylic oxidation sites excluding steroid dienone is 1. The van der Waals surface area contributed by atoms with Crippen molar-refractivity contribution in [1.29, 1.82) is 0 Å². The van der Waals surface area contributed by atoms with E-state index in [1.165, 1.54) is 26.0 Å². The number of tetrazole rings is 1. The summed E-state index contributed by atoms with van der Waals surface area (Å²) in [5, 5.41) is 14.9. The number of esters is 1. The number of carbonyl (C=O) groups is 2.